The molecule has 4 heteroatoms. The van der Waals surface area contributed by atoms with E-state index in [1.807, 2.05) is 42.0 Å². The van der Waals surface area contributed by atoms with Crippen molar-refractivity contribution < 1.29 is 5.11 Å². The van der Waals surface area contributed by atoms with Crippen LogP contribution in [0.1, 0.15) is 5.69 Å². The first-order valence-corrected chi connectivity index (χ1v) is 5.97. The van der Waals surface area contributed by atoms with Crippen LogP contribution in [0, 0.1) is 11.4 Å². The van der Waals surface area contributed by atoms with Crippen LogP contribution < -0.4 is 0 Å². The Kier molecular flexibility index (Phi) is 3.12. The summed E-state index contributed by atoms with van der Waals surface area (Å²) < 4.78 is 3.34. The number of aromatic hydroxyl groups is 1. The zero-order chi connectivity index (χ0) is 11.7. The third-order valence-corrected chi connectivity index (χ3v) is 3.42. The van der Waals surface area contributed by atoms with E-state index in [4.69, 9.17) is 12.2 Å². The molecule has 0 unspecified atom stereocenters. The molecule has 0 aliphatic heterocycles. The van der Waals surface area contributed by atoms with Crippen molar-refractivity contribution in [1.82, 2.24) is 4.57 Å². The Bertz CT molecular complexity index is 592. The monoisotopic (exact) mass is 295 g/mol. The van der Waals surface area contributed by atoms with Gasteiger partial charge in [0.1, 0.15) is 0 Å². The number of para-hydroxylation sites is 1. The minimum Gasteiger partial charge on any atom is -0.505 e. The maximum absolute atomic E-state index is 9.80. The van der Waals surface area contributed by atoms with Crippen molar-refractivity contribution in [3.63, 3.8) is 0 Å². The molecule has 2 nitrogen and oxygen atoms in total. The average molecular weight is 296 g/mol. The van der Waals surface area contributed by atoms with Crippen LogP contribution in [-0.4, -0.2) is 9.67 Å². The third-order valence-electron chi connectivity index (χ3n) is 2.42. The van der Waals surface area contributed by atoms with Gasteiger partial charge in [-0.25, -0.2) is 0 Å². The molecule has 0 saturated carbocycles. The molecule has 2 aromatic rings. The summed E-state index contributed by atoms with van der Waals surface area (Å²) in [6.45, 7) is 1.84. The van der Waals surface area contributed by atoms with Crippen LogP contribution in [0.2, 0.25) is 0 Å². The maximum atomic E-state index is 9.80. The van der Waals surface area contributed by atoms with Crippen LogP contribution in [0.3, 0.4) is 0 Å². The van der Waals surface area contributed by atoms with Gasteiger partial charge in [-0.15, -0.1) is 0 Å². The Hall–Kier alpha value is -1.13. The number of nitrogens with zero attached hydrogens (tertiary/aromatic N) is 1. The van der Waals surface area contributed by atoms with Crippen LogP contribution >= 0.6 is 28.1 Å². The molecule has 0 amide bonds. The zero-order valence-electron chi connectivity index (χ0n) is 8.64. The fraction of sp³-hybridized carbons (Fsp3) is 0.0833. The molecule has 0 atom stereocenters. The fourth-order valence-corrected chi connectivity index (χ4v) is 2.22. The molecule has 1 aromatic carbocycles. The number of pyridine rings is 1. The van der Waals surface area contributed by atoms with Gasteiger partial charge in [0.15, 0.2) is 5.75 Å². The summed E-state index contributed by atoms with van der Waals surface area (Å²) in [6.07, 6.45) is 1.86. The van der Waals surface area contributed by atoms with Crippen molar-refractivity contribution in [2.24, 2.45) is 0 Å². The highest BCUT2D eigenvalue weighted by molar-refractivity contribution is 9.10. The van der Waals surface area contributed by atoms with Crippen molar-refractivity contribution in [1.29, 1.82) is 0 Å². The SMILES string of the molecule is Cc1c(O)c(=S)ccn1-c1ccccc1Br. The standard InChI is InChI=1S/C12H10BrNOS/c1-8-12(15)11(16)6-7-14(8)10-5-3-2-4-9(10)13/h2-7,15H,1H3. The first-order valence-electron chi connectivity index (χ1n) is 4.77. The predicted octanol–water partition coefficient (Wildman–Crippen LogP) is 3.98. The molecule has 0 radical (unpaired) electrons. The summed E-state index contributed by atoms with van der Waals surface area (Å²) >= 11 is 8.49. The number of hydrogen-bond acceptors (Lipinski definition) is 2. The highest BCUT2D eigenvalue weighted by atomic mass is 79.9. The minimum atomic E-state index is 0.160. The molecule has 0 fully saturated rings. The second kappa shape index (κ2) is 4.39. The van der Waals surface area contributed by atoms with E-state index in [1.54, 1.807) is 6.07 Å². The van der Waals surface area contributed by atoms with Crippen LogP contribution in [0.5, 0.6) is 5.75 Å². The van der Waals surface area contributed by atoms with Gasteiger partial charge in [0, 0.05) is 10.7 Å². The smallest absolute Gasteiger partial charge is 0.153 e. The quantitative estimate of drug-likeness (QED) is 0.805. The normalized spacial score (nSPS) is 10.4. The third kappa shape index (κ3) is 1.90. The number of benzene rings is 1. The Labute approximate surface area is 107 Å². The highest BCUT2D eigenvalue weighted by Crippen LogP contribution is 2.25. The van der Waals surface area contributed by atoms with Crippen molar-refractivity contribution in [3.8, 4) is 11.4 Å². The molecule has 1 aromatic heterocycles. The lowest BCUT2D eigenvalue weighted by molar-refractivity contribution is 0.463. The molecular formula is C12H10BrNOS. The van der Waals surface area contributed by atoms with E-state index in [1.165, 1.54) is 0 Å². The Morgan fingerprint density at radius 3 is 2.62 bits per heavy atom. The molecule has 0 saturated heterocycles. The Balaban J connectivity index is 2.71. The van der Waals surface area contributed by atoms with Gasteiger partial charge in [-0.05, 0) is 41.1 Å². The van der Waals surface area contributed by atoms with E-state index >= 15 is 0 Å². The molecule has 16 heavy (non-hydrogen) atoms. The molecule has 1 N–H and O–H groups in total. The molecule has 82 valence electrons. The average Bonchev–Trinajstić information content (AvgIpc) is 2.28. The summed E-state index contributed by atoms with van der Waals surface area (Å²) in [4.78, 5) is 0. The topological polar surface area (TPSA) is 25.2 Å². The highest BCUT2D eigenvalue weighted by Gasteiger charge is 2.06. The summed E-state index contributed by atoms with van der Waals surface area (Å²) in [5.74, 6) is 0.160. The van der Waals surface area contributed by atoms with E-state index in [0.29, 0.717) is 4.51 Å². The molecule has 2 rings (SSSR count). The van der Waals surface area contributed by atoms with E-state index in [0.717, 1.165) is 15.9 Å². The Morgan fingerprint density at radius 2 is 1.94 bits per heavy atom. The summed E-state index contributed by atoms with van der Waals surface area (Å²) in [5.41, 5.74) is 1.71. The summed E-state index contributed by atoms with van der Waals surface area (Å²) in [7, 11) is 0. The number of hydrogen-bond donors (Lipinski definition) is 1. The van der Waals surface area contributed by atoms with Gasteiger partial charge in [-0.3, -0.25) is 0 Å². The second-order valence-electron chi connectivity index (χ2n) is 3.44. The number of aromatic nitrogens is 1. The van der Waals surface area contributed by atoms with Crippen molar-refractivity contribution in [2.75, 3.05) is 0 Å². The van der Waals surface area contributed by atoms with Crippen LogP contribution in [0.4, 0.5) is 0 Å². The second-order valence-corrected chi connectivity index (χ2v) is 4.73. The largest absolute Gasteiger partial charge is 0.505 e. The number of halogens is 1. The molecule has 0 aliphatic rings. The van der Waals surface area contributed by atoms with Crippen molar-refractivity contribution >= 4 is 28.1 Å². The van der Waals surface area contributed by atoms with Gasteiger partial charge in [-0.2, -0.15) is 0 Å². The summed E-state index contributed by atoms with van der Waals surface area (Å²) in [5, 5.41) is 9.80. The lowest BCUT2D eigenvalue weighted by Crippen LogP contribution is -2.00. The minimum absolute atomic E-state index is 0.160. The molecule has 0 aliphatic carbocycles. The van der Waals surface area contributed by atoms with Gasteiger partial charge in [0.05, 0.1) is 15.9 Å². The van der Waals surface area contributed by atoms with Gasteiger partial charge in [0.25, 0.3) is 0 Å². The molecule has 0 spiro atoms. The van der Waals surface area contributed by atoms with Gasteiger partial charge < -0.3 is 9.67 Å². The van der Waals surface area contributed by atoms with E-state index < -0.39 is 0 Å². The number of rotatable bonds is 1. The van der Waals surface area contributed by atoms with E-state index in [9.17, 15) is 5.11 Å². The molecule has 1 heterocycles. The molecular weight excluding hydrogens is 286 g/mol. The van der Waals surface area contributed by atoms with Crippen LogP contribution in [0.15, 0.2) is 41.0 Å². The van der Waals surface area contributed by atoms with Gasteiger partial charge in [0.2, 0.25) is 0 Å². The van der Waals surface area contributed by atoms with Crippen molar-refractivity contribution in [2.45, 2.75) is 6.92 Å². The molecule has 0 bridgehead atoms. The van der Waals surface area contributed by atoms with Crippen LogP contribution in [-0.2, 0) is 0 Å². The van der Waals surface area contributed by atoms with Crippen LogP contribution in [0.25, 0.3) is 5.69 Å². The lowest BCUT2D eigenvalue weighted by Gasteiger charge is -2.13. The summed E-state index contributed by atoms with van der Waals surface area (Å²) in [6, 6.07) is 9.55. The zero-order valence-corrected chi connectivity index (χ0v) is 11.0. The first kappa shape index (κ1) is 11.4. The predicted molar refractivity (Wildman–Crippen MR) is 70.7 cm³/mol. The fourth-order valence-electron chi connectivity index (χ4n) is 1.53. The Morgan fingerprint density at radius 1 is 1.25 bits per heavy atom. The van der Waals surface area contributed by atoms with Gasteiger partial charge in [-0.1, -0.05) is 24.4 Å². The first-order chi connectivity index (χ1) is 7.61. The van der Waals surface area contributed by atoms with E-state index in [2.05, 4.69) is 15.9 Å². The van der Waals surface area contributed by atoms with Gasteiger partial charge >= 0.3 is 0 Å². The van der Waals surface area contributed by atoms with Crippen molar-refractivity contribution in [3.05, 3.63) is 51.2 Å². The lowest BCUT2D eigenvalue weighted by atomic mass is 10.2. The maximum Gasteiger partial charge on any atom is 0.153 e. The van der Waals surface area contributed by atoms with E-state index in [-0.39, 0.29) is 5.75 Å².